The van der Waals surface area contributed by atoms with Crippen molar-refractivity contribution in [3.8, 4) is 11.4 Å². The second-order valence-electron chi connectivity index (χ2n) is 7.09. The van der Waals surface area contributed by atoms with Crippen LogP contribution in [0, 0.1) is 5.82 Å². The normalized spacial score (nSPS) is 18.2. The van der Waals surface area contributed by atoms with Crippen LogP contribution in [0.1, 0.15) is 30.9 Å². The van der Waals surface area contributed by atoms with E-state index in [-0.39, 0.29) is 18.1 Å². The Labute approximate surface area is 165 Å². The maximum Gasteiger partial charge on any atom is 0.268 e. The molecule has 2 aliphatic rings. The number of benzene rings is 2. The van der Waals surface area contributed by atoms with Gasteiger partial charge in [0.2, 0.25) is 6.10 Å². The first-order chi connectivity index (χ1) is 14.2. The number of oxime groups is 1. The molecule has 9 heteroatoms. The van der Waals surface area contributed by atoms with E-state index in [2.05, 4.69) is 26.0 Å². The van der Waals surface area contributed by atoms with Gasteiger partial charge in [-0.25, -0.2) is 9.07 Å². The van der Waals surface area contributed by atoms with Crippen LogP contribution in [0.5, 0.6) is 0 Å². The molecular weight excluding hydrogens is 375 g/mol. The van der Waals surface area contributed by atoms with Crippen LogP contribution in [0.15, 0.2) is 53.7 Å². The summed E-state index contributed by atoms with van der Waals surface area (Å²) in [5.74, 6) is 0.0549. The van der Waals surface area contributed by atoms with Gasteiger partial charge in [0, 0.05) is 23.2 Å². The van der Waals surface area contributed by atoms with E-state index in [4.69, 9.17) is 4.84 Å². The van der Waals surface area contributed by atoms with Crippen molar-refractivity contribution in [1.29, 1.82) is 0 Å². The Morgan fingerprint density at radius 2 is 1.97 bits per heavy atom. The lowest BCUT2D eigenvalue weighted by atomic mass is 10.0. The summed E-state index contributed by atoms with van der Waals surface area (Å²) in [6.45, 7) is 0. The van der Waals surface area contributed by atoms with E-state index in [1.54, 1.807) is 24.3 Å². The summed E-state index contributed by atoms with van der Waals surface area (Å²) in [6, 6.07) is 13.8. The number of halogens is 1. The first-order valence-corrected chi connectivity index (χ1v) is 9.35. The van der Waals surface area contributed by atoms with Crippen molar-refractivity contribution in [2.24, 2.45) is 5.16 Å². The molecule has 8 nitrogen and oxygen atoms in total. The van der Waals surface area contributed by atoms with Crippen molar-refractivity contribution in [2.75, 3.05) is 5.32 Å². The number of hydrogen-bond donors (Lipinski definition) is 1. The Hall–Kier alpha value is -3.62. The van der Waals surface area contributed by atoms with Crippen LogP contribution in [0.4, 0.5) is 10.1 Å². The van der Waals surface area contributed by atoms with Gasteiger partial charge in [-0.05, 0) is 59.7 Å². The lowest BCUT2D eigenvalue weighted by molar-refractivity contribution is -0.125. The van der Waals surface area contributed by atoms with Gasteiger partial charge in [-0.3, -0.25) is 4.79 Å². The van der Waals surface area contributed by atoms with E-state index in [0.29, 0.717) is 23.0 Å². The maximum absolute atomic E-state index is 13.4. The fourth-order valence-electron chi connectivity index (χ4n) is 3.23. The second kappa shape index (κ2) is 7.08. The van der Waals surface area contributed by atoms with Crippen LogP contribution in [0.2, 0.25) is 0 Å². The minimum absolute atomic E-state index is 0.281. The number of carbonyl (C=O) groups excluding carboxylic acids is 1. The van der Waals surface area contributed by atoms with E-state index < -0.39 is 6.10 Å². The first kappa shape index (κ1) is 17.5. The standard InChI is InChI=1S/C20H17FN6O2/c21-14-3-1-2-13(10-14)17-11-18(29-24-17)20(28)22-15-6-4-12(5-7-15)19-23-25-26-27(19)16-8-9-16/h1-7,10,16,18H,8-9,11H2,(H,22,28). The van der Waals surface area contributed by atoms with E-state index in [1.165, 1.54) is 12.1 Å². The van der Waals surface area contributed by atoms with Gasteiger partial charge in [0.1, 0.15) is 5.82 Å². The number of amides is 1. The van der Waals surface area contributed by atoms with Crippen LogP contribution in [-0.4, -0.2) is 37.9 Å². The lowest BCUT2D eigenvalue weighted by Crippen LogP contribution is -2.28. The molecule has 3 aromatic rings. The summed E-state index contributed by atoms with van der Waals surface area (Å²) < 4.78 is 15.2. The molecule has 2 aromatic carbocycles. The van der Waals surface area contributed by atoms with Crippen LogP contribution in [0.25, 0.3) is 11.4 Å². The molecule has 146 valence electrons. The molecule has 1 aliphatic heterocycles. The second-order valence-corrected chi connectivity index (χ2v) is 7.09. The van der Waals surface area contributed by atoms with E-state index in [0.717, 1.165) is 24.2 Å². The average Bonchev–Trinajstić information content (AvgIpc) is 3.25. The highest BCUT2D eigenvalue weighted by atomic mass is 19.1. The highest BCUT2D eigenvalue weighted by Crippen LogP contribution is 2.36. The number of carbonyl (C=O) groups is 1. The highest BCUT2D eigenvalue weighted by molar-refractivity contribution is 6.06. The summed E-state index contributed by atoms with van der Waals surface area (Å²) in [4.78, 5) is 17.8. The molecule has 1 aromatic heterocycles. The van der Waals surface area contributed by atoms with Crippen LogP contribution < -0.4 is 5.32 Å². The Morgan fingerprint density at radius 3 is 2.72 bits per heavy atom. The number of nitrogens with zero attached hydrogens (tertiary/aromatic N) is 5. The SMILES string of the molecule is O=C(Nc1ccc(-c2nnnn2C2CC2)cc1)C1CC(c2cccc(F)c2)=NO1. The number of hydrogen-bond acceptors (Lipinski definition) is 6. The smallest absolute Gasteiger partial charge is 0.268 e. The summed E-state index contributed by atoms with van der Waals surface area (Å²) >= 11 is 0. The summed E-state index contributed by atoms with van der Waals surface area (Å²) in [6.07, 6.45) is 1.71. The minimum Gasteiger partial charge on any atom is -0.382 e. The van der Waals surface area contributed by atoms with Crippen molar-refractivity contribution >= 4 is 17.3 Å². The van der Waals surface area contributed by atoms with Crippen molar-refractivity contribution in [3.05, 3.63) is 59.9 Å². The van der Waals surface area contributed by atoms with Crippen molar-refractivity contribution in [1.82, 2.24) is 20.2 Å². The predicted octanol–water partition coefficient (Wildman–Crippen LogP) is 2.95. The molecule has 0 spiro atoms. The third kappa shape index (κ3) is 3.58. The van der Waals surface area contributed by atoms with Crippen molar-refractivity contribution < 1.29 is 14.0 Å². The van der Waals surface area contributed by atoms with Crippen molar-refractivity contribution in [3.63, 3.8) is 0 Å². The van der Waals surface area contributed by atoms with Gasteiger partial charge in [-0.1, -0.05) is 17.3 Å². The molecule has 0 bridgehead atoms. The van der Waals surface area contributed by atoms with Gasteiger partial charge in [0.25, 0.3) is 5.91 Å². The monoisotopic (exact) mass is 392 g/mol. The zero-order valence-electron chi connectivity index (χ0n) is 15.3. The Morgan fingerprint density at radius 1 is 1.14 bits per heavy atom. The third-order valence-electron chi connectivity index (χ3n) is 4.92. The third-order valence-corrected chi connectivity index (χ3v) is 4.92. The van der Waals surface area contributed by atoms with E-state index >= 15 is 0 Å². The number of nitrogens with one attached hydrogen (secondary N) is 1. The molecule has 1 amide bonds. The topological polar surface area (TPSA) is 94.3 Å². The summed E-state index contributed by atoms with van der Waals surface area (Å²) in [5.41, 5.74) is 2.67. The van der Waals surface area contributed by atoms with Gasteiger partial charge in [-0.15, -0.1) is 5.10 Å². The Kier molecular flexibility index (Phi) is 4.27. The highest BCUT2D eigenvalue weighted by Gasteiger charge is 2.30. The largest absolute Gasteiger partial charge is 0.382 e. The summed E-state index contributed by atoms with van der Waals surface area (Å²) in [7, 11) is 0. The van der Waals surface area contributed by atoms with Gasteiger partial charge >= 0.3 is 0 Å². The van der Waals surface area contributed by atoms with Gasteiger partial charge in [-0.2, -0.15) is 0 Å². The molecular formula is C20H17FN6O2. The molecule has 1 saturated carbocycles. The fourth-order valence-corrected chi connectivity index (χ4v) is 3.23. The molecule has 1 N–H and O–H groups in total. The zero-order valence-corrected chi connectivity index (χ0v) is 15.3. The number of rotatable bonds is 5. The molecule has 2 heterocycles. The molecule has 1 unspecified atom stereocenters. The molecule has 0 radical (unpaired) electrons. The molecule has 1 aliphatic carbocycles. The fraction of sp³-hybridized carbons (Fsp3) is 0.250. The molecule has 0 saturated heterocycles. The maximum atomic E-state index is 13.4. The Bertz CT molecular complexity index is 1090. The van der Waals surface area contributed by atoms with Crippen LogP contribution in [-0.2, 0) is 9.63 Å². The zero-order chi connectivity index (χ0) is 19.8. The first-order valence-electron chi connectivity index (χ1n) is 9.35. The van der Waals surface area contributed by atoms with E-state index in [1.807, 2.05) is 16.8 Å². The predicted molar refractivity (Wildman–Crippen MR) is 103 cm³/mol. The molecule has 1 atom stereocenters. The van der Waals surface area contributed by atoms with Crippen LogP contribution >= 0.6 is 0 Å². The average molecular weight is 392 g/mol. The van der Waals surface area contributed by atoms with Crippen LogP contribution in [0.3, 0.4) is 0 Å². The van der Waals surface area contributed by atoms with Gasteiger partial charge in [0.05, 0.1) is 11.8 Å². The van der Waals surface area contributed by atoms with Gasteiger partial charge < -0.3 is 10.2 Å². The van der Waals surface area contributed by atoms with E-state index in [9.17, 15) is 9.18 Å². The number of tetrazole rings is 1. The van der Waals surface area contributed by atoms with Gasteiger partial charge in [0.15, 0.2) is 5.82 Å². The summed E-state index contributed by atoms with van der Waals surface area (Å²) in [5, 5.41) is 18.7. The minimum atomic E-state index is -0.755. The quantitative estimate of drug-likeness (QED) is 0.720. The molecule has 5 rings (SSSR count). The lowest BCUT2D eigenvalue weighted by Gasteiger charge is -2.10. The number of anilines is 1. The van der Waals surface area contributed by atoms with Crippen molar-refractivity contribution in [2.45, 2.75) is 31.4 Å². The number of aromatic nitrogens is 4. The Balaban J connectivity index is 1.23. The molecule has 29 heavy (non-hydrogen) atoms. The molecule has 1 fully saturated rings.